The molecule has 110 valence electrons. The van der Waals surface area contributed by atoms with Crippen LogP contribution in [0.4, 0.5) is 0 Å². The van der Waals surface area contributed by atoms with Crippen molar-refractivity contribution in [1.82, 2.24) is 4.72 Å². The quantitative estimate of drug-likeness (QED) is 0.806. The van der Waals surface area contributed by atoms with Gasteiger partial charge in [0, 0.05) is 17.4 Å². The number of aliphatic hydroxyl groups is 1. The van der Waals surface area contributed by atoms with E-state index in [1.54, 1.807) is 30.8 Å². The van der Waals surface area contributed by atoms with Crippen molar-refractivity contribution in [3.05, 3.63) is 29.3 Å². The molecule has 0 heterocycles. The van der Waals surface area contributed by atoms with E-state index in [9.17, 15) is 8.42 Å². The van der Waals surface area contributed by atoms with Crippen molar-refractivity contribution in [3.63, 3.8) is 0 Å². The lowest BCUT2D eigenvalue weighted by atomic mass is 10.1. The number of thioether (sulfide) groups is 1. The predicted molar refractivity (Wildman–Crippen MR) is 83.3 cm³/mol. The number of aryl methyl sites for hydroxylation is 1. The molecule has 0 aliphatic rings. The van der Waals surface area contributed by atoms with Gasteiger partial charge in [0.1, 0.15) is 6.61 Å². The van der Waals surface area contributed by atoms with Crippen LogP contribution in [0.1, 0.15) is 18.1 Å². The highest BCUT2D eigenvalue weighted by Crippen LogP contribution is 2.17. The lowest BCUT2D eigenvalue weighted by Gasteiger charge is -2.14. The number of sulfonamides is 1. The lowest BCUT2D eigenvalue weighted by Crippen LogP contribution is -2.34. The average Bonchev–Trinajstić information content (AvgIpc) is 2.37. The van der Waals surface area contributed by atoms with E-state index in [-0.39, 0.29) is 17.5 Å². The Morgan fingerprint density at radius 3 is 2.75 bits per heavy atom. The SMILES string of the molecule is CSCC(C)NS(=O)(=O)c1cc(C#CCO)ccc1C. The zero-order valence-corrected chi connectivity index (χ0v) is 13.4. The molecule has 2 N–H and O–H groups in total. The van der Waals surface area contributed by atoms with Gasteiger partial charge in [-0.1, -0.05) is 17.9 Å². The number of rotatable bonds is 5. The molecular formula is C14H19NO3S2. The highest BCUT2D eigenvalue weighted by atomic mass is 32.2. The minimum Gasteiger partial charge on any atom is -0.384 e. The molecule has 1 atom stereocenters. The first-order chi connectivity index (χ1) is 9.40. The zero-order valence-electron chi connectivity index (χ0n) is 11.8. The minimum absolute atomic E-state index is 0.137. The third kappa shape index (κ3) is 4.84. The first-order valence-corrected chi connectivity index (χ1v) is 9.00. The summed E-state index contributed by atoms with van der Waals surface area (Å²) in [4.78, 5) is 0.232. The number of benzene rings is 1. The molecule has 1 unspecified atom stereocenters. The Balaban J connectivity index is 3.10. The Bertz CT molecular complexity index is 615. The predicted octanol–water partition coefficient (Wildman–Crippen LogP) is 1.37. The fourth-order valence-electron chi connectivity index (χ4n) is 1.72. The Morgan fingerprint density at radius 1 is 1.45 bits per heavy atom. The topological polar surface area (TPSA) is 66.4 Å². The molecule has 0 aromatic heterocycles. The van der Waals surface area contributed by atoms with Gasteiger partial charge in [-0.15, -0.1) is 0 Å². The smallest absolute Gasteiger partial charge is 0.241 e. The van der Waals surface area contributed by atoms with E-state index in [0.717, 1.165) is 0 Å². The maximum Gasteiger partial charge on any atom is 0.241 e. The number of hydrogen-bond acceptors (Lipinski definition) is 4. The molecule has 0 saturated carbocycles. The summed E-state index contributed by atoms with van der Waals surface area (Å²) >= 11 is 1.59. The highest BCUT2D eigenvalue weighted by Gasteiger charge is 2.19. The number of aliphatic hydroxyl groups excluding tert-OH is 1. The third-order valence-electron chi connectivity index (χ3n) is 2.56. The Labute approximate surface area is 125 Å². The minimum atomic E-state index is -3.55. The van der Waals surface area contributed by atoms with E-state index in [2.05, 4.69) is 16.6 Å². The van der Waals surface area contributed by atoms with Gasteiger partial charge in [-0.2, -0.15) is 11.8 Å². The summed E-state index contributed by atoms with van der Waals surface area (Å²) in [5.41, 5.74) is 1.24. The second-order valence-electron chi connectivity index (χ2n) is 4.42. The van der Waals surface area contributed by atoms with E-state index in [1.807, 2.05) is 13.2 Å². The van der Waals surface area contributed by atoms with E-state index >= 15 is 0 Å². The van der Waals surface area contributed by atoms with Crippen LogP contribution in [0.5, 0.6) is 0 Å². The normalized spacial score (nSPS) is 12.6. The van der Waals surface area contributed by atoms with Gasteiger partial charge in [0.25, 0.3) is 0 Å². The summed E-state index contributed by atoms with van der Waals surface area (Å²) < 4.78 is 27.3. The van der Waals surface area contributed by atoms with Crippen LogP contribution in [0, 0.1) is 18.8 Å². The van der Waals surface area contributed by atoms with Crippen LogP contribution in [0.2, 0.25) is 0 Å². The van der Waals surface area contributed by atoms with Crippen LogP contribution < -0.4 is 4.72 Å². The molecule has 4 nitrogen and oxygen atoms in total. The summed E-state index contributed by atoms with van der Waals surface area (Å²) in [7, 11) is -3.55. The molecule has 1 aromatic carbocycles. The summed E-state index contributed by atoms with van der Waals surface area (Å²) in [6.07, 6.45) is 1.93. The summed E-state index contributed by atoms with van der Waals surface area (Å²) in [5, 5.41) is 8.68. The van der Waals surface area contributed by atoms with Crippen LogP contribution in [0.15, 0.2) is 23.1 Å². The largest absolute Gasteiger partial charge is 0.384 e. The average molecular weight is 313 g/mol. The fourth-order valence-corrected chi connectivity index (χ4v) is 3.92. The molecule has 0 amide bonds. The second-order valence-corrected chi connectivity index (χ2v) is 7.01. The summed E-state index contributed by atoms with van der Waals surface area (Å²) in [6, 6.07) is 4.85. The highest BCUT2D eigenvalue weighted by molar-refractivity contribution is 7.98. The third-order valence-corrected chi connectivity index (χ3v) is 5.13. The molecule has 0 aliphatic carbocycles. The molecule has 0 saturated heterocycles. The molecule has 0 radical (unpaired) electrons. The maximum atomic E-state index is 12.3. The molecule has 20 heavy (non-hydrogen) atoms. The second kappa shape index (κ2) is 7.70. The molecular weight excluding hydrogens is 294 g/mol. The molecule has 0 spiro atoms. The molecule has 0 aliphatic heterocycles. The fraction of sp³-hybridized carbons (Fsp3) is 0.429. The van der Waals surface area contributed by atoms with Gasteiger partial charge < -0.3 is 5.11 Å². The summed E-state index contributed by atoms with van der Waals surface area (Å²) in [6.45, 7) is 3.33. The molecule has 0 fully saturated rings. The number of nitrogens with one attached hydrogen (secondary N) is 1. The molecule has 1 aromatic rings. The van der Waals surface area contributed by atoms with Gasteiger partial charge in [-0.3, -0.25) is 0 Å². The van der Waals surface area contributed by atoms with Gasteiger partial charge in [0.2, 0.25) is 10.0 Å². The van der Waals surface area contributed by atoms with Gasteiger partial charge >= 0.3 is 0 Å². The summed E-state index contributed by atoms with van der Waals surface area (Å²) in [5.74, 6) is 5.94. The van der Waals surface area contributed by atoms with E-state index < -0.39 is 10.0 Å². The van der Waals surface area contributed by atoms with E-state index in [4.69, 9.17) is 5.11 Å². The Hall–Kier alpha value is -1.00. The van der Waals surface area contributed by atoms with Crippen molar-refractivity contribution in [1.29, 1.82) is 0 Å². The van der Waals surface area contributed by atoms with Crippen LogP contribution in [0.3, 0.4) is 0 Å². The van der Waals surface area contributed by atoms with Gasteiger partial charge in [0.05, 0.1) is 4.90 Å². The molecule has 1 rings (SSSR count). The first kappa shape index (κ1) is 17.1. The lowest BCUT2D eigenvalue weighted by molar-refractivity contribution is 0.350. The van der Waals surface area contributed by atoms with Crippen molar-refractivity contribution in [3.8, 4) is 11.8 Å². The van der Waals surface area contributed by atoms with Gasteiger partial charge in [-0.05, 0) is 37.8 Å². The van der Waals surface area contributed by atoms with Crippen LogP contribution in [-0.4, -0.2) is 38.2 Å². The molecule has 0 bridgehead atoms. The Morgan fingerprint density at radius 2 is 2.15 bits per heavy atom. The van der Waals surface area contributed by atoms with Crippen molar-refractivity contribution < 1.29 is 13.5 Å². The van der Waals surface area contributed by atoms with Gasteiger partial charge in [-0.25, -0.2) is 13.1 Å². The number of hydrogen-bond donors (Lipinski definition) is 2. The van der Waals surface area contributed by atoms with E-state index in [1.165, 1.54) is 6.07 Å². The van der Waals surface area contributed by atoms with Crippen molar-refractivity contribution in [2.45, 2.75) is 24.8 Å². The monoisotopic (exact) mass is 313 g/mol. The van der Waals surface area contributed by atoms with Crippen LogP contribution >= 0.6 is 11.8 Å². The Kier molecular flexibility index (Phi) is 6.56. The van der Waals surface area contributed by atoms with Crippen molar-refractivity contribution in [2.24, 2.45) is 0 Å². The zero-order chi connectivity index (χ0) is 15.2. The van der Waals surface area contributed by atoms with Crippen LogP contribution in [-0.2, 0) is 10.0 Å². The van der Waals surface area contributed by atoms with Crippen molar-refractivity contribution >= 4 is 21.8 Å². The van der Waals surface area contributed by atoms with E-state index in [0.29, 0.717) is 16.9 Å². The van der Waals surface area contributed by atoms with Gasteiger partial charge in [0.15, 0.2) is 0 Å². The standard InChI is InChI=1S/C14H19NO3S2/c1-11-6-7-13(5-4-8-16)9-14(11)20(17,18)15-12(2)10-19-3/h6-7,9,12,15-16H,8,10H2,1-3H3. The molecule has 6 heteroatoms. The first-order valence-electron chi connectivity index (χ1n) is 6.12. The van der Waals surface area contributed by atoms with Crippen molar-refractivity contribution in [2.75, 3.05) is 18.6 Å². The maximum absolute atomic E-state index is 12.3. The van der Waals surface area contributed by atoms with Crippen LogP contribution in [0.25, 0.3) is 0 Å².